The summed E-state index contributed by atoms with van der Waals surface area (Å²) in [6.45, 7) is 3.38. The summed E-state index contributed by atoms with van der Waals surface area (Å²) >= 11 is 0. The molecule has 19 heavy (non-hydrogen) atoms. The third-order valence-corrected chi connectivity index (χ3v) is 3.66. The van der Waals surface area contributed by atoms with Gasteiger partial charge < -0.3 is 10.6 Å². The number of nitro benzene ring substituents is 1. The molecule has 5 nitrogen and oxygen atoms in total. The minimum atomic E-state index is -0.585. The minimum Gasteiger partial charge on any atom is -0.367 e. The Bertz CT molecular complexity index is 481. The molecule has 2 unspecified atom stereocenters. The van der Waals surface area contributed by atoms with Crippen LogP contribution in [0.25, 0.3) is 0 Å². The van der Waals surface area contributed by atoms with Gasteiger partial charge >= 0.3 is 0 Å². The van der Waals surface area contributed by atoms with Gasteiger partial charge in [-0.1, -0.05) is 6.92 Å². The summed E-state index contributed by atoms with van der Waals surface area (Å²) in [4.78, 5) is 12.2. The fraction of sp³-hybridized carbons (Fsp3) is 0.538. The van der Waals surface area contributed by atoms with Crippen LogP contribution < -0.4 is 10.6 Å². The van der Waals surface area contributed by atoms with Crippen LogP contribution in [0.1, 0.15) is 19.8 Å². The van der Waals surface area contributed by atoms with Gasteiger partial charge in [0.2, 0.25) is 0 Å². The van der Waals surface area contributed by atoms with E-state index in [1.54, 1.807) is 0 Å². The van der Waals surface area contributed by atoms with E-state index in [4.69, 9.17) is 5.73 Å². The van der Waals surface area contributed by atoms with E-state index in [-0.39, 0.29) is 11.7 Å². The van der Waals surface area contributed by atoms with Crippen molar-refractivity contribution in [3.8, 4) is 0 Å². The molecule has 1 aliphatic heterocycles. The van der Waals surface area contributed by atoms with Crippen molar-refractivity contribution < 1.29 is 9.31 Å². The highest BCUT2D eigenvalue weighted by Crippen LogP contribution is 2.30. The Morgan fingerprint density at radius 1 is 1.53 bits per heavy atom. The highest BCUT2D eigenvalue weighted by atomic mass is 19.1. The normalized spacial score (nSPS) is 23.4. The Balaban J connectivity index is 2.32. The third kappa shape index (κ3) is 3.01. The smallest absolute Gasteiger partial charge is 0.274 e. The lowest BCUT2D eigenvalue weighted by Crippen LogP contribution is -2.46. The summed E-state index contributed by atoms with van der Waals surface area (Å²) in [5.74, 6) is -0.00746. The second-order valence-electron chi connectivity index (χ2n) is 5.14. The second kappa shape index (κ2) is 5.52. The van der Waals surface area contributed by atoms with Gasteiger partial charge in [0.15, 0.2) is 0 Å². The summed E-state index contributed by atoms with van der Waals surface area (Å²) in [6, 6.07) is 3.81. The molecule has 1 aromatic carbocycles. The fourth-order valence-corrected chi connectivity index (χ4v) is 2.65. The summed E-state index contributed by atoms with van der Waals surface area (Å²) in [7, 11) is 0. The number of nitro groups is 1. The van der Waals surface area contributed by atoms with E-state index in [0.717, 1.165) is 25.5 Å². The number of nitrogens with zero attached hydrogens (tertiary/aromatic N) is 2. The first kappa shape index (κ1) is 13.7. The van der Waals surface area contributed by atoms with Crippen molar-refractivity contribution in [1.82, 2.24) is 0 Å². The van der Waals surface area contributed by atoms with Gasteiger partial charge in [-0.15, -0.1) is 0 Å². The lowest BCUT2D eigenvalue weighted by atomic mass is 9.92. The second-order valence-corrected chi connectivity index (χ2v) is 5.14. The maximum Gasteiger partial charge on any atom is 0.274 e. The number of anilines is 1. The van der Waals surface area contributed by atoms with Gasteiger partial charge in [0.25, 0.3) is 5.69 Å². The third-order valence-electron chi connectivity index (χ3n) is 3.66. The van der Waals surface area contributed by atoms with Crippen molar-refractivity contribution in [3.05, 3.63) is 34.1 Å². The van der Waals surface area contributed by atoms with Crippen molar-refractivity contribution in [3.63, 3.8) is 0 Å². The number of halogens is 1. The average Bonchev–Trinajstić information content (AvgIpc) is 2.37. The Morgan fingerprint density at radius 3 is 2.89 bits per heavy atom. The zero-order chi connectivity index (χ0) is 14.0. The van der Waals surface area contributed by atoms with Gasteiger partial charge in [-0.25, -0.2) is 4.39 Å². The molecule has 0 aromatic heterocycles. The number of hydrogen-bond donors (Lipinski definition) is 1. The van der Waals surface area contributed by atoms with Crippen LogP contribution >= 0.6 is 0 Å². The number of benzene rings is 1. The summed E-state index contributed by atoms with van der Waals surface area (Å²) in [5.41, 5.74) is 6.09. The van der Waals surface area contributed by atoms with Crippen LogP contribution in [-0.4, -0.2) is 24.1 Å². The molecule has 2 rings (SSSR count). The number of piperidine rings is 1. The molecule has 1 aromatic rings. The molecule has 2 atom stereocenters. The molecule has 0 bridgehead atoms. The fourth-order valence-electron chi connectivity index (χ4n) is 2.65. The molecule has 0 aliphatic carbocycles. The van der Waals surface area contributed by atoms with E-state index >= 15 is 0 Å². The van der Waals surface area contributed by atoms with E-state index in [1.807, 2.05) is 4.90 Å². The minimum absolute atomic E-state index is 0.116. The van der Waals surface area contributed by atoms with Gasteiger partial charge in [0, 0.05) is 30.9 Å². The van der Waals surface area contributed by atoms with Crippen molar-refractivity contribution in [2.24, 2.45) is 11.7 Å². The largest absolute Gasteiger partial charge is 0.367 e. The lowest BCUT2D eigenvalue weighted by Gasteiger charge is -2.39. The number of nitrogens with two attached hydrogens (primary N) is 1. The Kier molecular flexibility index (Phi) is 3.99. The van der Waals surface area contributed by atoms with Gasteiger partial charge in [-0.2, -0.15) is 0 Å². The van der Waals surface area contributed by atoms with E-state index < -0.39 is 10.7 Å². The van der Waals surface area contributed by atoms with Gasteiger partial charge in [0.1, 0.15) is 5.82 Å². The van der Waals surface area contributed by atoms with Crippen LogP contribution in [0.4, 0.5) is 15.8 Å². The Morgan fingerprint density at radius 2 is 2.26 bits per heavy atom. The molecule has 1 aliphatic rings. The number of non-ortho nitro benzene ring substituents is 1. The molecule has 0 saturated carbocycles. The maximum absolute atomic E-state index is 13.5. The van der Waals surface area contributed by atoms with Crippen LogP contribution in [0.2, 0.25) is 0 Å². The Labute approximate surface area is 111 Å². The molecular weight excluding hydrogens is 249 g/mol. The number of rotatable bonds is 3. The monoisotopic (exact) mass is 267 g/mol. The molecule has 2 N–H and O–H groups in total. The summed E-state index contributed by atoms with van der Waals surface area (Å²) in [5, 5.41) is 10.8. The van der Waals surface area contributed by atoms with Crippen molar-refractivity contribution in [2.45, 2.75) is 25.8 Å². The van der Waals surface area contributed by atoms with E-state index in [9.17, 15) is 14.5 Å². The lowest BCUT2D eigenvalue weighted by molar-refractivity contribution is -0.385. The molecule has 0 amide bonds. The van der Waals surface area contributed by atoms with Crippen molar-refractivity contribution in [1.29, 1.82) is 0 Å². The van der Waals surface area contributed by atoms with E-state index in [2.05, 4.69) is 6.92 Å². The summed E-state index contributed by atoms with van der Waals surface area (Å²) in [6.07, 6.45) is 1.92. The molecule has 0 spiro atoms. The molecule has 6 heteroatoms. The van der Waals surface area contributed by atoms with E-state index in [1.165, 1.54) is 12.1 Å². The average molecular weight is 267 g/mol. The van der Waals surface area contributed by atoms with Crippen LogP contribution in [-0.2, 0) is 0 Å². The highest BCUT2D eigenvalue weighted by molar-refractivity contribution is 5.54. The predicted octanol–water partition coefficient (Wildman–Crippen LogP) is 2.30. The quantitative estimate of drug-likeness (QED) is 0.673. The van der Waals surface area contributed by atoms with Gasteiger partial charge in [-0.3, -0.25) is 10.1 Å². The Hall–Kier alpha value is -1.69. The first-order valence-electron chi connectivity index (χ1n) is 6.43. The molecule has 0 radical (unpaired) electrons. The van der Waals surface area contributed by atoms with E-state index in [0.29, 0.717) is 18.2 Å². The molecule has 1 fully saturated rings. The van der Waals surface area contributed by atoms with Gasteiger partial charge in [-0.05, 0) is 24.8 Å². The zero-order valence-electron chi connectivity index (χ0n) is 10.9. The SMILES string of the molecule is CC1CCN(c2cc(F)cc([N+](=O)[O-])c2)C(CN)C1. The first-order chi connectivity index (χ1) is 9.01. The van der Waals surface area contributed by atoms with Crippen LogP contribution in [0.15, 0.2) is 18.2 Å². The first-order valence-corrected chi connectivity index (χ1v) is 6.43. The highest BCUT2D eigenvalue weighted by Gasteiger charge is 2.26. The number of hydrogen-bond acceptors (Lipinski definition) is 4. The van der Waals surface area contributed by atoms with Crippen LogP contribution in [0, 0.1) is 21.8 Å². The van der Waals surface area contributed by atoms with Crippen LogP contribution in [0.5, 0.6) is 0 Å². The molecule has 104 valence electrons. The zero-order valence-corrected chi connectivity index (χ0v) is 10.9. The van der Waals surface area contributed by atoms with Crippen LogP contribution in [0.3, 0.4) is 0 Å². The standard InChI is InChI=1S/C13H18FN3O2/c1-9-2-3-16(13(4-9)8-15)11-5-10(14)6-12(7-11)17(18)19/h5-7,9,13H,2-4,8,15H2,1H3. The molecular formula is C13H18FN3O2. The van der Waals surface area contributed by atoms with Crippen molar-refractivity contribution in [2.75, 3.05) is 18.0 Å². The van der Waals surface area contributed by atoms with Crippen molar-refractivity contribution >= 4 is 11.4 Å². The van der Waals surface area contributed by atoms with Gasteiger partial charge in [0.05, 0.1) is 11.0 Å². The topological polar surface area (TPSA) is 72.4 Å². The molecule has 1 heterocycles. The molecule has 1 saturated heterocycles. The maximum atomic E-state index is 13.5. The summed E-state index contributed by atoms with van der Waals surface area (Å²) < 4.78 is 13.5. The predicted molar refractivity (Wildman–Crippen MR) is 71.6 cm³/mol.